The lowest BCUT2D eigenvalue weighted by Crippen LogP contribution is -2.39. The number of fused-ring (bicyclic) bond motifs is 2. The molecule has 3 heterocycles. The molecular formula is C33H27IN2O9S. The molecule has 0 saturated carbocycles. The molecule has 1 aromatic heterocycles. The van der Waals surface area contributed by atoms with E-state index in [4.69, 9.17) is 23.7 Å². The molecule has 0 bridgehead atoms. The molecule has 1 atom stereocenters. The Hall–Kier alpha value is -4.63. The number of aromatic nitrogens is 1. The zero-order chi connectivity index (χ0) is 32.5. The molecule has 236 valence electrons. The number of carbonyl (C=O) groups is 2. The minimum absolute atomic E-state index is 0.0884. The first kappa shape index (κ1) is 31.4. The molecule has 0 saturated heterocycles. The highest BCUT2D eigenvalue weighted by Gasteiger charge is 2.34. The van der Waals surface area contributed by atoms with Crippen molar-refractivity contribution in [1.29, 1.82) is 0 Å². The number of carboxylic acids is 1. The number of thiazole rings is 1. The molecule has 2 aliphatic heterocycles. The molecule has 4 aromatic rings. The molecule has 3 aromatic carbocycles. The number of hydrogen-bond acceptors (Lipinski definition) is 10. The van der Waals surface area contributed by atoms with E-state index >= 15 is 0 Å². The van der Waals surface area contributed by atoms with Gasteiger partial charge in [-0.1, -0.05) is 29.5 Å². The Bertz CT molecular complexity index is 2100. The average Bonchev–Trinajstić information content (AvgIpc) is 3.63. The minimum atomic E-state index is -1.02. The maximum absolute atomic E-state index is 14.1. The number of allylic oxidation sites excluding steroid dienone is 1. The Kier molecular flexibility index (Phi) is 8.86. The molecule has 0 amide bonds. The standard InChI is InChI=1S/C33H27IN2O9S/c1-4-42-32(40)27-17(2)35-33-36(28(27)20-8-9-23-24(14-20)45-16-44-23)30(37)26(46-33)13-19-11-22(34)29(25(12-19)41-3)43-15-18-6-5-7-21(10-18)31(38)39/h5-14,28H,4,15-16H2,1-3H3,(H,38,39)/b26-13-/t28-/m0/s1. The van der Waals surface area contributed by atoms with Crippen molar-refractivity contribution in [2.24, 2.45) is 4.99 Å². The second-order valence-corrected chi connectivity index (χ2v) is 12.4. The number of nitrogens with zero attached hydrogens (tertiary/aromatic N) is 2. The predicted molar refractivity (Wildman–Crippen MR) is 176 cm³/mol. The van der Waals surface area contributed by atoms with E-state index in [2.05, 4.69) is 27.6 Å². The number of carboxylic acid groups (broad SMARTS) is 1. The Morgan fingerprint density at radius 2 is 1.96 bits per heavy atom. The third-order valence-electron chi connectivity index (χ3n) is 7.34. The van der Waals surface area contributed by atoms with Crippen LogP contribution in [0.2, 0.25) is 0 Å². The second kappa shape index (κ2) is 13.0. The number of benzene rings is 3. The molecule has 11 nitrogen and oxygen atoms in total. The van der Waals surface area contributed by atoms with E-state index in [1.165, 1.54) is 29.1 Å². The molecule has 0 aliphatic carbocycles. The van der Waals surface area contributed by atoms with E-state index in [0.29, 0.717) is 54.7 Å². The summed E-state index contributed by atoms with van der Waals surface area (Å²) in [5.74, 6) is 0.470. The molecule has 46 heavy (non-hydrogen) atoms. The Balaban J connectivity index is 1.39. The minimum Gasteiger partial charge on any atom is -0.493 e. The number of rotatable bonds is 9. The summed E-state index contributed by atoms with van der Waals surface area (Å²) in [7, 11) is 1.52. The fraction of sp³-hybridized carbons (Fsp3) is 0.212. The summed E-state index contributed by atoms with van der Waals surface area (Å²) in [6, 6.07) is 14.7. The van der Waals surface area contributed by atoms with Crippen LogP contribution in [0.5, 0.6) is 23.0 Å². The smallest absolute Gasteiger partial charge is 0.338 e. The van der Waals surface area contributed by atoms with Crippen LogP contribution in [-0.4, -0.2) is 42.1 Å². The zero-order valence-electron chi connectivity index (χ0n) is 24.9. The van der Waals surface area contributed by atoms with Gasteiger partial charge in [0.15, 0.2) is 27.8 Å². The van der Waals surface area contributed by atoms with Gasteiger partial charge in [0.25, 0.3) is 5.56 Å². The van der Waals surface area contributed by atoms with Gasteiger partial charge in [-0.15, -0.1) is 0 Å². The maximum atomic E-state index is 14.1. The van der Waals surface area contributed by atoms with Crippen LogP contribution in [0.25, 0.3) is 6.08 Å². The van der Waals surface area contributed by atoms with Crippen LogP contribution in [-0.2, 0) is 16.1 Å². The summed E-state index contributed by atoms with van der Waals surface area (Å²) < 4.78 is 30.8. The average molecular weight is 755 g/mol. The van der Waals surface area contributed by atoms with Crippen molar-refractivity contribution in [3.05, 3.63) is 111 Å². The first-order chi connectivity index (χ1) is 22.2. The molecule has 1 N–H and O–H groups in total. The number of halogens is 1. The van der Waals surface area contributed by atoms with E-state index in [1.54, 1.807) is 62.4 Å². The van der Waals surface area contributed by atoms with E-state index in [-0.39, 0.29) is 36.7 Å². The molecule has 0 fully saturated rings. The molecular weight excluding hydrogens is 727 g/mol. The molecule has 13 heteroatoms. The van der Waals surface area contributed by atoms with Crippen LogP contribution in [0.4, 0.5) is 0 Å². The number of hydrogen-bond donors (Lipinski definition) is 1. The third kappa shape index (κ3) is 5.99. The number of methoxy groups -OCH3 is 1. The summed E-state index contributed by atoms with van der Waals surface area (Å²) in [5, 5.41) is 9.30. The fourth-order valence-corrected chi connectivity index (χ4v) is 7.08. The van der Waals surface area contributed by atoms with Gasteiger partial charge in [-0.25, -0.2) is 14.6 Å². The Morgan fingerprint density at radius 3 is 2.72 bits per heavy atom. The van der Waals surface area contributed by atoms with Gasteiger partial charge in [-0.3, -0.25) is 9.36 Å². The first-order valence-electron chi connectivity index (χ1n) is 14.1. The normalized spacial score (nSPS) is 15.3. The van der Waals surface area contributed by atoms with Crippen molar-refractivity contribution in [2.75, 3.05) is 20.5 Å². The van der Waals surface area contributed by atoms with Gasteiger partial charge in [0.1, 0.15) is 6.61 Å². The topological polar surface area (TPSA) is 135 Å². The number of ether oxygens (including phenoxy) is 5. The highest BCUT2D eigenvalue weighted by molar-refractivity contribution is 14.1. The van der Waals surface area contributed by atoms with Gasteiger partial charge in [0, 0.05) is 0 Å². The lowest BCUT2D eigenvalue weighted by molar-refractivity contribution is -0.139. The molecule has 0 spiro atoms. The molecule has 6 rings (SSSR count). The Labute approximate surface area is 280 Å². The van der Waals surface area contributed by atoms with E-state index in [1.807, 2.05) is 6.07 Å². The van der Waals surface area contributed by atoms with Crippen molar-refractivity contribution in [3.8, 4) is 23.0 Å². The highest BCUT2D eigenvalue weighted by Crippen LogP contribution is 2.38. The lowest BCUT2D eigenvalue weighted by atomic mass is 9.95. The van der Waals surface area contributed by atoms with Crippen LogP contribution in [0, 0.1) is 3.57 Å². The second-order valence-electron chi connectivity index (χ2n) is 10.2. The summed E-state index contributed by atoms with van der Waals surface area (Å²) >= 11 is 3.34. The van der Waals surface area contributed by atoms with Gasteiger partial charge in [0.2, 0.25) is 6.79 Å². The molecule has 2 aliphatic rings. The van der Waals surface area contributed by atoms with Gasteiger partial charge in [-0.2, -0.15) is 0 Å². The molecule has 0 radical (unpaired) electrons. The van der Waals surface area contributed by atoms with Crippen molar-refractivity contribution < 1.29 is 38.4 Å². The predicted octanol–water partition coefficient (Wildman–Crippen LogP) is 4.42. The van der Waals surface area contributed by atoms with E-state index < -0.39 is 18.0 Å². The van der Waals surface area contributed by atoms with Gasteiger partial charge in [-0.05, 0) is 95.6 Å². The zero-order valence-corrected chi connectivity index (χ0v) is 27.8. The Morgan fingerprint density at radius 1 is 1.15 bits per heavy atom. The SMILES string of the molecule is CCOC(=O)C1=C(C)N=c2s/c(=C\c3cc(I)c(OCc4cccc(C(=O)O)c4)c(OC)c3)c(=O)n2[C@H]1c1ccc2c(c1)OCO2. The largest absolute Gasteiger partial charge is 0.493 e. The fourth-order valence-electron chi connectivity index (χ4n) is 5.25. The van der Waals surface area contributed by atoms with E-state index in [9.17, 15) is 19.5 Å². The summed E-state index contributed by atoms with van der Waals surface area (Å²) in [4.78, 5) is 43.7. The van der Waals surface area contributed by atoms with Crippen molar-refractivity contribution >= 4 is 51.9 Å². The van der Waals surface area contributed by atoms with Crippen LogP contribution < -0.4 is 33.8 Å². The third-order valence-corrected chi connectivity index (χ3v) is 9.12. The van der Waals surface area contributed by atoms with Gasteiger partial charge in [0.05, 0.1) is 44.7 Å². The van der Waals surface area contributed by atoms with Gasteiger partial charge >= 0.3 is 11.9 Å². The maximum Gasteiger partial charge on any atom is 0.338 e. The van der Waals surface area contributed by atoms with Crippen molar-refractivity contribution in [3.63, 3.8) is 0 Å². The van der Waals surface area contributed by atoms with Crippen LogP contribution in [0.3, 0.4) is 0 Å². The van der Waals surface area contributed by atoms with Crippen LogP contribution in [0.1, 0.15) is 46.9 Å². The number of esters is 1. The van der Waals surface area contributed by atoms with Gasteiger partial charge < -0.3 is 28.8 Å². The monoisotopic (exact) mass is 754 g/mol. The summed E-state index contributed by atoms with van der Waals surface area (Å²) in [5.41, 5.74) is 2.61. The number of carbonyl (C=O) groups excluding carboxylic acids is 1. The quantitative estimate of drug-likeness (QED) is 0.195. The van der Waals surface area contributed by atoms with Crippen molar-refractivity contribution in [2.45, 2.75) is 26.5 Å². The van der Waals surface area contributed by atoms with Crippen LogP contribution >= 0.6 is 33.9 Å². The van der Waals surface area contributed by atoms with Crippen LogP contribution in [0.15, 0.2) is 75.7 Å². The first-order valence-corrected chi connectivity index (χ1v) is 16.0. The molecule has 0 unspecified atom stereocenters. The summed E-state index contributed by atoms with van der Waals surface area (Å²) in [6.07, 6.45) is 1.74. The van der Waals surface area contributed by atoms with Crippen molar-refractivity contribution in [1.82, 2.24) is 4.57 Å². The number of aromatic carboxylic acids is 1. The summed E-state index contributed by atoms with van der Waals surface area (Å²) in [6.45, 7) is 3.84. The highest BCUT2D eigenvalue weighted by atomic mass is 127. The van der Waals surface area contributed by atoms with E-state index in [0.717, 1.165) is 3.57 Å². The lowest BCUT2D eigenvalue weighted by Gasteiger charge is -2.24.